The molecule has 6 N–H and O–H groups in total. The zero-order chi connectivity index (χ0) is 12.9. The Morgan fingerprint density at radius 1 is 0.938 bits per heavy atom. The minimum Gasteiger partial charge on any atom is -0.481 e. The van der Waals surface area contributed by atoms with Crippen LogP contribution >= 0.6 is 0 Å². The van der Waals surface area contributed by atoms with Crippen LogP contribution < -0.4 is 6.15 Å². The van der Waals surface area contributed by atoms with Crippen LogP contribution in [0.5, 0.6) is 0 Å². The van der Waals surface area contributed by atoms with Crippen molar-refractivity contribution < 1.29 is 29.7 Å². The number of carboxylic acid groups (broad SMARTS) is 3. The third-order valence-electron chi connectivity index (χ3n) is 0.766. The number of hydrogen-bond donors (Lipinski definition) is 4. The molecule has 0 unspecified atom stereocenters. The maximum Gasteiger partial charge on any atom is 0.303 e. The third-order valence-corrected chi connectivity index (χ3v) is 0.766. The molecule has 0 saturated heterocycles. The van der Waals surface area contributed by atoms with Gasteiger partial charge < -0.3 is 21.5 Å². The van der Waals surface area contributed by atoms with Crippen molar-refractivity contribution in [3.05, 3.63) is 0 Å². The molecule has 0 amide bonds. The second kappa shape index (κ2) is 19.0. The fraction of sp³-hybridized carbons (Fsp3) is 0.667. The first-order valence-electron chi connectivity index (χ1n) is 4.40. The van der Waals surface area contributed by atoms with Gasteiger partial charge in [-0.15, -0.1) is 0 Å². The zero-order valence-corrected chi connectivity index (χ0v) is 9.89. The van der Waals surface area contributed by atoms with E-state index in [4.69, 9.17) is 20.1 Å². The first-order chi connectivity index (χ1) is 6.77. The molecular formula is C9H21NO6. The minimum atomic E-state index is -0.833. The number of rotatable bonds is 3. The van der Waals surface area contributed by atoms with Crippen molar-refractivity contribution >= 4 is 17.9 Å². The zero-order valence-electron chi connectivity index (χ0n) is 9.89. The summed E-state index contributed by atoms with van der Waals surface area (Å²) in [6.45, 7) is 4.52. The van der Waals surface area contributed by atoms with E-state index < -0.39 is 17.9 Å². The van der Waals surface area contributed by atoms with Gasteiger partial charge in [-0.3, -0.25) is 14.4 Å². The fourth-order valence-corrected chi connectivity index (χ4v) is 0.214. The van der Waals surface area contributed by atoms with E-state index in [1.807, 2.05) is 6.92 Å². The molecule has 98 valence electrons. The Morgan fingerprint density at radius 3 is 1.19 bits per heavy atom. The van der Waals surface area contributed by atoms with Crippen LogP contribution in [0.3, 0.4) is 0 Å². The lowest BCUT2D eigenvalue weighted by Crippen LogP contribution is -1.90. The molecule has 16 heavy (non-hydrogen) atoms. The van der Waals surface area contributed by atoms with Crippen LogP contribution in [0.4, 0.5) is 0 Å². The highest BCUT2D eigenvalue weighted by Gasteiger charge is 1.87. The third kappa shape index (κ3) is 141. The highest BCUT2D eigenvalue weighted by molar-refractivity contribution is 5.66. The van der Waals surface area contributed by atoms with Gasteiger partial charge in [0.15, 0.2) is 0 Å². The van der Waals surface area contributed by atoms with Gasteiger partial charge in [0, 0.05) is 19.8 Å². The van der Waals surface area contributed by atoms with Gasteiger partial charge in [0.05, 0.1) is 0 Å². The first-order valence-corrected chi connectivity index (χ1v) is 4.40. The number of carboxylic acids is 3. The Balaban J connectivity index is -0.0000000668. The molecule has 0 saturated carbocycles. The molecule has 7 nitrogen and oxygen atoms in total. The predicted molar refractivity (Wildman–Crippen MR) is 58.8 cm³/mol. The molecule has 0 aromatic carbocycles. The summed E-state index contributed by atoms with van der Waals surface area (Å²) in [6, 6.07) is 0. The van der Waals surface area contributed by atoms with Crippen LogP contribution in [0.2, 0.25) is 0 Å². The maximum atomic E-state index is 9.60. The number of hydrogen-bond acceptors (Lipinski definition) is 4. The van der Waals surface area contributed by atoms with Crippen LogP contribution in [0, 0.1) is 0 Å². The van der Waals surface area contributed by atoms with Crippen molar-refractivity contribution in [2.75, 3.05) is 0 Å². The highest BCUT2D eigenvalue weighted by Crippen LogP contribution is 1.82. The topological polar surface area (TPSA) is 147 Å². The van der Waals surface area contributed by atoms with Gasteiger partial charge in [-0.05, 0) is 6.42 Å². The molecule has 0 spiro atoms. The molecule has 7 heteroatoms. The summed E-state index contributed by atoms with van der Waals surface area (Å²) in [5.74, 6) is -2.29. The summed E-state index contributed by atoms with van der Waals surface area (Å²) in [5.41, 5.74) is 0. The van der Waals surface area contributed by atoms with E-state index in [-0.39, 0.29) is 12.6 Å². The molecule has 0 aliphatic heterocycles. The predicted octanol–water partition coefficient (Wildman–Crippen LogP) is 1.60. The summed E-state index contributed by atoms with van der Waals surface area (Å²) in [6.07, 6.45) is 1.25. The van der Waals surface area contributed by atoms with E-state index in [0.717, 1.165) is 13.3 Å². The van der Waals surface area contributed by atoms with Crippen molar-refractivity contribution in [3.63, 3.8) is 0 Å². The average Bonchev–Trinajstić information content (AvgIpc) is 2.03. The van der Waals surface area contributed by atoms with Gasteiger partial charge in [0.2, 0.25) is 0 Å². The molecule has 0 aliphatic rings. The van der Waals surface area contributed by atoms with Crippen molar-refractivity contribution in [3.8, 4) is 0 Å². The van der Waals surface area contributed by atoms with E-state index in [1.54, 1.807) is 6.92 Å². The Labute approximate surface area is 94.7 Å². The van der Waals surface area contributed by atoms with E-state index in [1.165, 1.54) is 0 Å². The Hall–Kier alpha value is -1.63. The average molecular weight is 239 g/mol. The lowest BCUT2D eigenvalue weighted by Gasteiger charge is -1.79. The van der Waals surface area contributed by atoms with Gasteiger partial charge in [-0.25, -0.2) is 0 Å². The van der Waals surface area contributed by atoms with E-state index in [9.17, 15) is 9.59 Å². The molecule has 0 atom stereocenters. The van der Waals surface area contributed by atoms with Gasteiger partial charge in [0.1, 0.15) is 0 Å². The minimum absolute atomic E-state index is 0. The largest absolute Gasteiger partial charge is 0.481 e. The summed E-state index contributed by atoms with van der Waals surface area (Å²) >= 11 is 0. The Kier molecular flexibility index (Phi) is 28.4. The standard InChI is InChI=1S/C4H8O2.C3H6O2.C2H4O2.H3N/c1-2-3-4(5)6;1-2-3(4)5;1-2(3)4;/h2-3H2,1H3,(H,5,6);2H2,1H3,(H,4,5);1H3,(H,3,4);1H3. The van der Waals surface area contributed by atoms with Crippen LogP contribution in [0.25, 0.3) is 0 Å². The van der Waals surface area contributed by atoms with E-state index in [2.05, 4.69) is 0 Å². The second-order valence-electron chi connectivity index (χ2n) is 2.41. The van der Waals surface area contributed by atoms with Crippen molar-refractivity contribution in [2.24, 2.45) is 0 Å². The molecule has 0 radical (unpaired) electrons. The molecule has 0 fully saturated rings. The Bertz CT molecular complexity index is 188. The molecule has 0 bridgehead atoms. The van der Waals surface area contributed by atoms with Gasteiger partial charge in [-0.2, -0.15) is 0 Å². The van der Waals surface area contributed by atoms with Gasteiger partial charge in [0.25, 0.3) is 5.97 Å². The SMILES string of the molecule is CC(=O)O.CCC(=O)O.CCCC(=O)O.N. The van der Waals surface area contributed by atoms with Crippen LogP contribution in [-0.2, 0) is 14.4 Å². The van der Waals surface area contributed by atoms with E-state index in [0.29, 0.717) is 6.42 Å². The lowest BCUT2D eigenvalue weighted by atomic mass is 10.4. The molecule has 0 heterocycles. The van der Waals surface area contributed by atoms with Crippen molar-refractivity contribution in [1.82, 2.24) is 6.15 Å². The normalized spacial score (nSPS) is 6.94. The van der Waals surface area contributed by atoms with Crippen LogP contribution in [-0.4, -0.2) is 33.2 Å². The molecular weight excluding hydrogens is 218 g/mol. The number of carbonyl (C=O) groups is 3. The molecule has 0 aromatic rings. The second-order valence-corrected chi connectivity index (χ2v) is 2.41. The van der Waals surface area contributed by atoms with Crippen LogP contribution in [0.1, 0.15) is 40.0 Å². The molecule has 0 aliphatic carbocycles. The monoisotopic (exact) mass is 239 g/mol. The Morgan fingerprint density at radius 2 is 1.19 bits per heavy atom. The van der Waals surface area contributed by atoms with Crippen LogP contribution in [0.15, 0.2) is 0 Å². The molecule has 0 aromatic heterocycles. The van der Waals surface area contributed by atoms with Crippen molar-refractivity contribution in [2.45, 2.75) is 40.0 Å². The summed E-state index contributed by atoms with van der Waals surface area (Å²) < 4.78 is 0. The summed E-state index contributed by atoms with van der Waals surface area (Å²) in [5, 5.41) is 23.1. The summed E-state index contributed by atoms with van der Waals surface area (Å²) in [4.78, 5) is 28.0. The maximum absolute atomic E-state index is 9.60. The van der Waals surface area contributed by atoms with Crippen molar-refractivity contribution in [1.29, 1.82) is 0 Å². The fourth-order valence-electron chi connectivity index (χ4n) is 0.214. The molecule has 0 rings (SSSR count). The van der Waals surface area contributed by atoms with E-state index >= 15 is 0 Å². The smallest absolute Gasteiger partial charge is 0.303 e. The summed E-state index contributed by atoms with van der Waals surface area (Å²) in [7, 11) is 0. The lowest BCUT2D eigenvalue weighted by molar-refractivity contribution is -0.137. The highest BCUT2D eigenvalue weighted by atomic mass is 16.4. The van der Waals surface area contributed by atoms with Gasteiger partial charge in [-0.1, -0.05) is 13.8 Å². The first kappa shape index (κ1) is 23.9. The quantitative estimate of drug-likeness (QED) is 0.584. The number of aliphatic carboxylic acids is 3. The van der Waals surface area contributed by atoms with Gasteiger partial charge >= 0.3 is 11.9 Å².